The van der Waals surface area contributed by atoms with Gasteiger partial charge in [0.15, 0.2) is 0 Å². The van der Waals surface area contributed by atoms with Crippen molar-refractivity contribution in [1.29, 1.82) is 0 Å². The van der Waals surface area contributed by atoms with Crippen LogP contribution >= 0.6 is 0 Å². The summed E-state index contributed by atoms with van der Waals surface area (Å²) in [6, 6.07) is 50.4. The van der Waals surface area contributed by atoms with Crippen molar-refractivity contribution < 1.29 is 0 Å². The molecule has 0 saturated heterocycles. The van der Waals surface area contributed by atoms with Gasteiger partial charge in [-0.1, -0.05) is 122 Å². The highest BCUT2D eigenvalue weighted by molar-refractivity contribution is 6.13. The fourth-order valence-corrected chi connectivity index (χ4v) is 7.65. The summed E-state index contributed by atoms with van der Waals surface area (Å²) in [5.41, 5.74) is 13.4. The maximum Gasteiger partial charge on any atom is 0.0565 e. The number of rotatable bonds is 6. The largest absolute Gasteiger partial charge is 0.376 e. The molecule has 9 rings (SSSR count). The summed E-state index contributed by atoms with van der Waals surface area (Å²) in [6.07, 6.45) is 18.1. The van der Waals surface area contributed by atoms with Crippen LogP contribution in [0.1, 0.15) is 18.9 Å². The molecular weight excluding hydrogens is 631 g/mol. The topological polar surface area (TPSA) is 20.2 Å². The highest BCUT2D eigenvalue weighted by Gasteiger charge is 2.23. The Balaban J connectivity index is 1.26. The molecule has 2 heterocycles. The maximum absolute atomic E-state index is 4.51. The highest BCUT2D eigenvalue weighted by atomic mass is 15.1. The van der Waals surface area contributed by atoms with Gasteiger partial charge in [0.25, 0.3) is 0 Å². The van der Waals surface area contributed by atoms with Gasteiger partial charge in [0.2, 0.25) is 0 Å². The third kappa shape index (κ3) is 5.67. The average molecular weight is 670 g/mol. The lowest BCUT2D eigenvalue weighted by molar-refractivity contribution is 0.641. The van der Waals surface area contributed by atoms with E-state index in [1.165, 1.54) is 33.0 Å². The molecule has 52 heavy (non-hydrogen) atoms. The minimum absolute atomic E-state index is 0.154. The number of hydrogen-bond acceptors (Lipinski definition) is 2. The molecule has 1 atom stereocenters. The van der Waals surface area contributed by atoms with E-state index in [0.29, 0.717) is 0 Å². The lowest BCUT2D eigenvalue weighted by atomic mass is 9.91. The van der Waals surface area contributed by atoms with Crippen LogP contribution in [0.25, 0.3) is 55.3 Å². The molecule has 3 heteroatoms. The van der Waals surface area contributed by atoms with Crippen LogP contribution in [0.2, 0.25) is 0 Å². The van der Waals surface area contributed by atoms with Crippen LogP contribution in [0.15, 0.2) is 195 Å². The van der Waals surface area contributed by atoms with Gasteiger partial charge in [0.1, 0.15) is 0 Å². The van der Waals surface area contributed by atoms with Gasteiger partial charge < -0.3 is 14.8 Å². The fraction of sp³-hybridized carbons (Fsp3) is 0.0612. The minimum Gasteiger partial charge on any atom is -0.376 e. The summed E-state index contributed by atoms with van der Waals surface area (Å²) in [5, 5.41) is 6.27. The smallest absolute Gasteiger partial charge is 0.0565 e. The van der Waals surface area contributed by atoms with Gasteiger partial charge in [-0.2, -0.15) is 0 Å². The van der Waals surface area contributed by atoms with E-state index in [9.17, 15) is 0 Å². The first kappa shape index (κ1) is 31.4. The molecule has 6 aromatic carbocycles. The molecule has 1 aliphatic carbocycles. The number of benzene rings is 6. The molecule has 3 nitrogen and oxygen atoms in total. The van der Waals surface area contributed by atoms with Crippen LogP contribution in [0, 0.1) is 0 Å². The quantitative estimate of drug-likeness (QED) is 0.190. The highest BCUT2D eigenvalue weighted by Crippen LogP contribution is 2.43. The summed E-state index contributed by atoms with van der Waals surface area (Å²) in [6.45, 7) is 6.77. The Morgan fingerprint density at radius 2 is 1.29 bits per heavy atom. The summed E-state index contributed by atoms with van der Waals surface area (Å²) in [5.74, 6) is 0. The molecule has 1 aliphatic heterocycles. The van der Waals surface area contributed by atoms with Crippen molar-refractivity contribution in [2.24, 2.45) is 0 Å². The lowest BCUT2D eigenvalue weighted by Crippen LogP contribution is -2.32. The van der Waals surface area contributed by atoms with Gasteiger partial charge in [-0.3, -0.25) is 0 Å². The van der Waals surface area contributed by atoms with Crippen molar-refractivity contribution in [2.45, 2.75) is 18.9 Å². The average Bonchev–Trinajstić information content (AvgIpc) is 3.50. The number of nitrogens with one attached hydrogen (secondary N) is 1. The van der Waals surface area contributed by atoms with Crippen LogP contribution in [-0.4, -0.2) is 10.1 Å². The SMILES string of the molecule is C=C1/C=C\C=C/N(c2ccccc2)c2cc3c4cc(-c5ccc(NC6(C)C=CC=CC6)c(-c6ccccc6)c5)ccc4n(-c4ccccc4)c3cc21. The maximum atomic E-state index is 4.51. The van der Waals surface area contributed by atoms with Gasteiger partial charge >= 0.3 is 0 Å². The van der Waals surface area contributed by atoms with Crippen molar-refractivity contribution in [3.05, 3.63) is 200 Å². The zero-order chi connectivity index (χ0) is 35.1. The molecule has 1 aromatic heterocycles. The van der Waals surface area contributed by atoms with E-state index in [4.69, 9.17) is 0 Å². The zero-order valence-corrected chi connectivity index (χ0v) is 29.2. The number of para-hydroxylation sites is 2. The first-order valence-corrected chi connectivity index (χ1v) is 17.9. The van der Waals surface area contributed by atoms with Gasteiger partial charge in [-0.05, 0) is 102 Å². The summed E-state index contributed by atoms with van der Waals surface area (Å²) in [7, 11) is 0. The Bertz CT molecular complexity index is 2590. The van der Waals surface area contributed by atoms with Crippen LogP contribution in [0.3, 0.4) is 0 Å². The molecule has 7 aromatic rings. The second-order valence-electron chi connectivity index (χ2n) is 13.9. The van der Waals surface area contributed by atoms with Crippen LogP contribution in [-0.2, 0) is 0 Å². The van der Waals surface area contributed by atoms with Gasteiger partial charge in [0.05, 0.1) is 22.3 Å². The molecule has 0 saturated carbocycles. The number of fused-ring (bicyclic) bond motifs is 4. The van der Waals surface area contributed by atoms with Crippen molar-refractivity contribution in [3.63, 3.8) is 0 Å². The molecule has 1 N–H and O–H groups in total. The van der Waals surface area contributed by atoms with E-state index in [-0.39, 0.29) is 5.54 Å². The lowest BCUT2D eigenvalue weighted by Gasteiger charge is -2.30. The third-order valence-corrected chi connectivity index (χ3v) is 10.3. The Labute approximate surface area is 305 Å². The van der Waals surface area contributed by atoms with E-state index in [0.717, 1.165) is 51.3 Å². The zero-order valence-electron chi connectivity index (χ0n) is 29.2. The normalized spacial score (nSPS) is 17.9. The first-order chi connectivity index (χ1) is 25.5. The van der Waals surface area contributed by atoms with E-state index < -0.39 is 0 Å². The number of nitrogens with zero attached hydrogens (tertiary/aromatic N) is 2. The Kier molecular flexibility index (Phi) is 7.82. The van der Waals surface area contributed by atoms with Crippen molar-refractivity contribution >= 4 is 44.4 Å². The van der Waals surface area contributed by atoms with E-state index >= 15 is 0 Å². The molecule has 0 spiro atoms. The summed E-state index contributed by atoms with van der Waals surface area (Å²) in [4.78, 5) is 2.27. The van der Waals surface area contributed by atoms with Gasteiger partial charge in [0, 0.05) is 45.2 Å². The van der Waals surface area contributed by atoms with Crippen molar-refractivity contribution in [1.82, 2.24) is 4.57 Å². The van der Waals surface area contributed by atoms with Crippen LogP contribution < -0.4 is 10.2 Å². The van der Waals surface area contributed by atoms with E-state index in [1.54, 1.807) is 0 Å². The minimum atomic E-state index is -0.154. The summed E-state index contributed by atoms with van der Waals surface area (Å²) < 4.78 is 2.39. The number of allylic oxidation sites excluding steroid dienone is 6. The number of hydrogen-bond donors (Lipinski definition) is 1. The predicted octanol–water partition coefficient (Wildman–Crippen LogP) is 13.0. The molecule has 0 bridgehead atoms. The van der Waals surface area contributed by atoms with Crippen molar-refractivity contribution in [3.8, 4) is 27.9 Å². The second-order valence-corrected chi connectivity index (χ2v) is 13.9. The number of aromatic nitrogens is 1. The van der Waals surface area contributed by atoms with Crippen LogP contribution in [0.4, 0.5) is 17.1 Å². The molecule has 1 unspecified atom stereocenters. The molecule has 0 radical (unpaired) electrons. The van der Waals surface area contributed by atoms with E-state index in [1.807, 2.05) is 0 Å². The standard InChI is InChI=1S/C49H39N3/c1-35-17-13-16-30-51(39-20-9-4-10-21-39)47-34-44-43-32-38(25-27-46(43)52(48(44)33-41(35)47)40-22-11-5-12-23-40)37-24-26-45(50-49(2)28-14-6-15-29-49)42(31-37)36-18-7-3-8-19-36/h3-28,30-34,50H,1,29H2,2H3/b17-13-,30-16-. The monoisotopic (exact) mass is 669 g/mol. The fourth-order valence-electron chi connectivity index (χ4n) is 7.65. The Morgan fingerprint density at radius 1 is 0.596 bits per heavy atom. The number of anilines is 3. The van der Waals surface area contributed by atoms with Crippen molar-refractivity contribution in [2.75, 3.05) is 10.2 Å². The van der Waals surface area contributed by atoms with Gasteiger partial charge in [-0.15, -0.1) is 0 Å². The first-order valence-electron chi connectivity index (χ1n) is 17.9. The summed E-state index contributed by atoms with van der Waals surface area (Å²) >= 11 is 0. The molecule has 2 aliphatic rings. The molecular formula is C49H39N3. The third-order valence-electron chi connectivity index (χ3n) is 10.3. The van der Waals surface area contributed by atoms with E-state index in [2.05, 4.69) is 217 Å². The Morgan fingerprint density at radius 3 is 2.04 bits per heavy atom. The Hall–Kier alpha value is -6.58. The second kappa shape index (κ2) is 12.9. The molecule has 0 amide bonds. The van der Waals surface area contributed by atoms with Crippen LogP contribution in [0.5, 0.6) is 0 Å². The predicted molar refractivity (Wildman–Crippen MR) is 222 cm³/mol. The molecule has 0 fully saturated rings. The molecule has 250 valence electrons. The van der Waals surface area contributed by atoms with Gasteiger partial charge in [-0.25, -0.2) is 0 Å².